The molecule has 0 radical (unpaired) electrons. The molecule has 1 saturated carbocycles. The van der Waals surface area contributed by atoms with Crippen LogP contribution in [-0.4, -0.2) is 17.7 Å². The van der Waals surface area contributed by atoms with Gasteiger partial charge in [-0.2, -0.15) is 0 Å². The van der Waals surface area contributed by atoms with Gasteiger partial charge in [0.1, 0.15) is 5.60 Å². The van der Waals surface area contributed by atoms with Gasteiger partial charge in [-0.3, -0.25) is 4.98 Å². The minimum absolute atomic E-state index is 0.0493. The van der Waals surface area contributed by atoms with Gasteiger partial charge in [-0.1, -0.05) is 18.2 Å². The summed E-state index contributed by atoms with van der Waals surface area (Å²) in [5.41, 5.74) is 3.69. The molecule has 3 nitrogen and oxygen atoms in total. The smallest absolute Gasteiger partial charge is 0.165 e. The van der Waals surface area contributed by atoms with Crippen molar-refractivity contribution >= 4 is 12.2 Å². The molecule has 1 fully saturated rings. The summed E-state index contributed by atoms with van der Waals surface area (Å²) in [4.78, 5) is 4.06. The second-order valence-electron chi connectivity index (χ2n) is 6.77. The van der Waals surface area contributed by atoms with Crippen LogP contribution in [0.1, 0.15) is 48.8 Å². The van der Waals surface area contributed by atoms with E-state index in [-0.39, 0.29) is 5.60 Å². The molecule has 0 N–H and O–H groups in total. The van der Waals surface area contributed by atoms with Gasteiger partial charge in [-0.25, -0.2) is 0 Å². The predicted octanol–water partition coefficient (Wildman–Crippen LogP) is 4.90. The number of hydrogen-bond acceptors (Lipinski definition) is 3. The summed E-state index contributed by atoms with van der Waals surface area (Å²) in [6, 6.07) is 8.18. The first-order chi connectivity index (χ1) is 11.8. The SMILES string of the molecule is COc1ccc(C=Cc2ccncc2)c2c1OC1(CCCC1)CC2. The fraction of sp³-hybridized carbons (Fsp3) is 0.381. The zero-order valence-electron chi connectivity index (χ0n) is 14.1. The van der Waals surface area contributed by atoms with Gasteiger partial charge in [0.2, 0.25) is 0 Å². The normalized spacial score (nSPS) is 18.5. The van der Waals surface area contributed by atoms with E-state index in [2.05, 4.69) is 23.2 Å². The highest BCUT2D eigenvalue weighted by molar-refractivity contribution is 5.73. The van der Waals surface area contributed by atoms with Gasteiger partial charge in [0.25, 0.3) is 0 Å². The van der Waals surface area contributed by atoms with Gasteiger partial charge in [0, 0.05) is 18.0 Å². The molecule has 3 heteroatoms. The highest BCUT2D eigenvalue weighted by Crippen LogP contribution is 2.47. The van der Waals surface area contributed by atoms with Crippen molar-refractivity contribution in [2.24, 2.45) is 0 Å². The quantitative estimate of drug-likeness (QED) is 0.806. The van der Waals surface area contributed by atoms with Crippen molar-refractivity contribution in [3.05, 3.63) is 53.3 Å². The summed E-state index contributed by atoms with van der Waals surface area (Å²) in [7, 11) is 1.72. The molecule has 124 valence electrons. The van der Waals surface area contributed by atoms with E-state index < -0.39 is 0 Å². The van der Waals surface area contributed by atoms with Crippen LogP contribution in [0.25, 0.3) is 12.2 Å². The van der Waals surface area contributed by atoms with E-state index >= 15 is 0 Å². The lowest BCUT2D eigenvalue weighted by atomic mass is 9.87. The molecule has 4 rings (SSSR count). The highest BCUT2D eigenvalue weighted by Gasteiger charge is 2.40. The van der Waals surface area contributed by atoms with Crippen molar-refractivity contribution in [3.8, 4) is 11.5 Å². The van der Waals surface area contributed by atoms with Crippen LogP contribution in [0.15, 0.2) is 36.7 Å². The molecule has 0 saturated heterocycles. The van der Waals surface area contributed by atoms with E-state index in [4.69, 9.17) is 9.47 Å². The molecule has 2 heterocycles. The second-order valence-corrected chi connectivity index (χ2v) is 6.77. The first-order valence-corrected chi connectivity index (χ1v) is 8.77. The van der Waals surface area contributed by atoms with Gasteiger partial charge >= 0.3 is 0 Å². The zero-order valence-corrected chi connectivity index (χ0v) is 14.1. The summed E-state index contributed by atoms with van der Waals surface area (Å²) in [5.74, 6) is 1.82. The van der Waals surface area contributed by atoms with Crippen molar-refractivity contribution in [2.75, 3.05) is 7.11 Å². The van der Waals surface area contributed by atoms with E-state index in [0.29, 0.717) is 0 Å². The molecule has 1 aliphatic heterocycles. The number of rotatable bonds is 3. The summed E-state index contributed by atoms with van der Waals surface area (Å²) < 4.78 is 12.1. The number of methoxy groups -OCH3 is 1. The predicted molar refractivity (Wildman–Crippen MR) is 96.3 cm³/mol. The number of benzene rings is 1. The Labute approximate surface area is 143 Å². The van der Waals surface area contributed by atoms with Gasteiger partial charge in [0.05, 0.1) is 7.11 Å². The standard InChI is InChI=1S/C21H23NO2/c1-23-19-7-6-17(5-4-16-9-14-22-15-10-16)18-8-13-21(24-20(18)19)11-2-3-12-21/h4-7,9-10,14-15H,2-3,8,11-13H2,1H3. The van der Waals surface area contributed by atoms with Crippen LogP contribution in [0.2, 0.25) is 0 Å². The van der Waals surface area contributed by atoms with Crippen LogP contribution in [0.4, 0.5) is 0 Å². The Hall–Kier alpha value is -2.29. The Morgan fingerprint density at radius 1 is 1.04 bits per heavy atom. The maximum atomic E-state index is 6.53. The third kappa shape index (κ3) is 2.79. The maximum absolute atomic E-state index is 6.53. The first-order valence-electron chi connectivity index (χ1n) is 8.77. The molecule has 24 heavy (non-hydrogen) atoms. The van der Waals surface area contributed by atoms with E-state index in [1.165, 1.54) is 36.8 Å². The first kappa shape index (κ1) is 15.3. The lowest BCUT2D eigenvalue weighted by Gasteiger charge is -2.37. The summed E-state index contributed by atoms with van der Waals surface area (Å²) in [5, 5.41) is 0. The van der Waals surface area contributed by atoms with E-state index in [1.807, 2.05) is 30.6 Å². The molecule has 1 aromatic carbocycles. The summed E-state index contributed by atoms with van der Waals surface area (Å²) >= 11 is 0. The number of fused-ring (bicyclic) bond motifs is 1. The molecule has 1 aliphatic carbocycles. The number of nitrogens with zero attached hydrogens (tertiary/aromatic N) is 1. The average molecular weight is 321 g/mol. The Morgan fingerprint density at radius 2 is 1.83 bits per heavy atom. The largest absolute Gasteiger partial charge is 0.493 e. The number of aromatic nitrogens is 1. The van der Waals surface area contributed by atoms with E-state index in [1.54, 1.807) is 7.11 Å². The fourth-order valence-electron chi connectivity index (χ4n) is 3.96. The molecule has 0 unspecified atom stereocenters. The van der Waals surface area contributed by atoms with Crippen molar-refractivity contribution in [1.82, 2.24) is 4.98 Å². The lowest BCUT2D eigenvalue weighted by molar-refractivity contribution is 0.0499. The number of hydrogen-bond donors (Lipinski definition) is 0. The minimum atomic E-state index is 0.0493. The summed E-state index contributed by atoms with van der Waals surface area (Å²) in [6.45, 7) is 0. The van der Waals surface area contributed by atoms with Gasteiger partial charge < -0.3 is 9.47 Å². The molecule has 1 aromatic heterocycles. The number of pyridine rings is 1. The molecule has 0 atom stereocenters. The topological polar surface area (TPSA) is 31.4 Å². The van der Waals surface area contributed by atoms with E-state index in [9.17, 15) is 0 Å². The maximum Gasteiger partial charge on any atom is 0.165 e. The third-order valence-electron chi connectivity index (χ3n) is 5.31. The van der Waals surface area contributed by atoms with Crippen molar-refractivity contribution < 1.29 is 9.47 Å². The third-order valence-corrected chi connectivity index (χ3v) is 5.31. The lowest BCUT2D eigenvalue weighted by Crippen LogP contribution is -2.36. The second kappa shape index (κ2) is 6.31. The summed E-state index contributed by atoms with van der Waals surface area (Å²) in [6.07, 6.45) is 15.0. The molecular weight excluding hydrogens is 298 g/mol. The van der Waals surface area contributed by atoms with Crippen LogP contribution in [-0.2, 0) is 6.42 Å². The molecule has 2 aromatic rings. The van der Waals surface area contributed by atoms with E-state index in [0.717, 1.165) is 29.9 Å². The van der Waals surface area contributed by atoms with Gasteiger partial charge in [-0.05, 0) is 67.9 Å². The Kier molecular flexibility index (Phi) is 4.01. The van der Waals surface area contributed by atoms with Crippen LogP contribution < -0.4 is 9.47 Å². The van der Waals surface area contributed by atoms with Crippen LogP contribution in [0, 0.1) is 0 Å². The van der Waals surface area contributed by atoms with Crippen LogP contribution in [0.3, 0.4) is 0 Å². The number of ether oxygens (including phenoxy) is 2. The van der Waals surface area contributed by atoms with Crippen molar-refractivity contribution in [3.63, 3.8) is 0 Å². The van der Waals surface area contributed by atoms with Crippen LogP contribution >= 0.6 is 0 Å². The van der Waals surface area contributed by atoms with Crippen molar-refractivity contribution in [2.45, 2.75) is 44.1 Å². The monoisotopic (exact) mass is 321 g/mol. The van der Waals surface area contributed by atoms with Crippen molar-refractivity contribution in [1.29, 1.82) is 0 Å². The molecule has 1 spiro atoms. The van der Waals surface area contributed by atoms with Gasteiger partial charge in [0.15, 0.2) is 11.5 Å². The minimum Gasteiger partial charge on any atom is -0.493 e. The average Bonchev–Trinajstić information content (AvgIpc) is 3.08. The zero-order chi connectivity index (χ0) is 16.4. The molecule has 0 bridgehead atoms. The Balaban J connectivity index is 1.69. The molecule has 2 aliphatic rings. The van der Waals surface area contributed by atoms with Crippen LogP contribution in [0.5, 0.6) is 11.5 Å². The Morgan fingerprint density at radius 3 is 2.58 bits per heavy atom. The molecular formula is C21H23NO2. The highest BCUT2D eigenvalue weighted by atomic mass is 16.5. The molecule has 0 amide bonds. The Bertz CT molecular complexity index is 746. The fourth-order valence-corrected chi connectivity index (χ4v) is 3.96. The van der Waals surface area contributed by atoms with Gasteiger partial charge in [-0.15, -0.1) is 0 Å².